The van der Waals surface area contributed by atoms with Crippen molar-refractivity contribution < 1.29 is 14.0 Å². The summed E-state index contributed by atoms with van der Waals surface area (Å²) in [6, 6.07) is 5.37. The van der Waals surface area contributed by atoms with Crippen molar-refractivity contribution in [1.29, 1.82) is 0 Å². The molecule has 0 saturated heterocycles. The SMILES string of the molecule is NC1=NC(=O)C[C@@H](C(=O)Nc2ccc(F)cc2)S1. The second kappa shape index (κ2) is 5.18. The molecule has 2 amide bonds. The molecule has 0 radical (unpaired) electrons. The van der Waals surface area contributed by atoms with Gasteiger partial charge in [0.15, 0.2) is 5.17 Å². The van der Waals surface area contributed by atoms with E-state index in [1.54, 1.807) is 0 Å². The first-order valence-electron chi connectivity index (χ1n) is 5.14. The Morgan fingerprint density at radius 3 is 2.72 bits per heavy atom. The third kappa shape index (κ3) is 3.07. The van der Waals surface area contributed by atoms with Crippen molar-refractivity contribution in [2.24, 2.45) is 10.7 Å². The Kier molecular flexibility index (Phi) is 3.61. The summed E-state index contributed by atoms with van der Waals surface area (Å²) in [5.41, 5.74) is 5.90. The molecule has 0 spiro atoms. The highest BCUT2D eigenvalue weighted by molar-refractivity contribution is 8.15. The van der Waals surface area contributed by atoms with Crippen LogP contribution in [0, 0.1) is 5.82 Å². The van der Waals surface area contributed by atoms with E-state index in [4.69, 9.17) is 5.73 Å². The van der Waals surface area contributed by atoms with Crippen LogP contribution in [0.2, 0.25) is 0 Å². The topological polar surface area (TPSA) is 84.5 Å². The minimum absolute atomic E-state index is 0.0123. The van der Waals surface area contributed by atoms with E-state index in [1.165, 1.54) is 24.3 Å². The molecule has 1 atom stereocenters. The van der Waals surface area contributed by atoms with Gasteiger partial charge in [-0.25, -0.2) is 4.39 Å². The Morgan fingerprint density at radius 2 is 2.11 bits per heavy atom. The maximum atomic E-state index is 12.7. The number of aliphatic imine (C=N–C) groups is 1. The number of benzene rings is 1. The van der Waals surface area contributed by atoms with Crippen molar-refractivity contribution in [3.8, 4) is 0 Å². The van der Waals surface area contributed by atoms with Gasteiger partial charge < -0.3 is 11.1 Å². The fraction of sp³-hybridized carbons (Fsp3) is 0.182. The van der Waals surface area contributed by atoms with Crippen molar-refractivity contribution >= 4 is 34.4 Å². The second-order valence-electron chi connectivity index (χ2n) is 3.65. The Labute approximate surface area is 107 Å². The Balaban J connectivity index is 2.02. The Hall–Kier alpha value is -1.89. The molecule has 1 aliphatic rings. The zero-order chi connectivity index (χ0) is 13.1. The van der Waals surface area contributed by atoms with Gasteiger partial charge >= 0.3 is 0 Å². The number of halogens is 1. The average molecular weight is 267 g/mol. The molecule has 3 N–H and O–H groups in total. The number of rotatable bonds is 2. The quantitative estimate of drug-likeness (QED) is 0.840. The molecule has 1 aliphatic heterocycles. The van der Waals surface area contributed by atoms with Gasteiger partial charge in [-0.05, 0) is 24.3 Å². The van der Waals surface area contributed by atoms with E-state index in [0.717, 1.165) is 11.8 Å². The van der Waals surface area contributed by atoms with Crippen LogP contribution in [0.4, 0.5) is 10.1 Å². The predicted octanol–water partition coefficient (Wildman–Crippen LogP) is 1.11. The molecule has 18 heavy (non-hydrogen) atoms. The highest BCUT2D eigenvalue weighted by Gasteiger charge is 2.27. The number of carbonyl (C=O) groups is 2. The lowest BCUT2D eigenvalue weighted by Gasteiger charge is -2.17. The summed E-state index contributed by atoms with van der Waals surface area (Å²) in [4.78, 5) is 26.6. The molecular weight excluding hydrogens is 257 g/mol. The van der Waals surface area contributed by atoms with Crippen LogP contribution in [0.1, 0.15) is 6.42 Å². The number of amides is 2. The standard InChI is InChI=1S/C11H10FN3O2S/c12-6-1-3-7(4-2-6)14-10(17)8-5-9(16)15-11(13)18-8/h1-4,8H,5H2,(H,14,17)(H2,13,15,16)/t8-/m0/s1. The third-order valence-electron chi connectivity index (χ3n) is 2.26. The molecule has 1 aromatic carbocycles. The van der Waals surface area contributed by atoms with E-state index < -0.39 is 11.2 Å². The normalized spacial score (nSPS) is 19.3. The smallest absolute Gasteiger partial charge is 0.249 e. The monoisotopic (exact) mass is 267 g/mol. The average Bonchev–Trinajstić information content (AvgIpc) is 2.31. The van der Waals surface area contributed by atoms with Crippen molar-refractivity contribution in [3.05, 3.63) is 30.1 Å². The van der Waals surface area contributed by atoms with Gasteiger partial charge in [-0.15, -0.1) is 0 Å². The largest absolute Gasteiger partial charge is 0.378 e. The lowest BCUT2D eigenvalue weighted by Crippen LogP contribution is -2.33. The van der Waals surface area contributed by atoms with Gasteiger partial charge in [-0.2, -0.15) is 4.99 Å². The maximum Gasteiger partial charge on any atom is 0.249 e. The summed E-state index contributed by atoms with van der Waals surface area (Å²) < 4.78 is 12.7. The van der Waals surface area contributed by atoms with Crippen LogP contribution in [0.15, 0.2) is 29.3 Å². The number of carbonyl (C=O) groups excluding carboxylic acids is 2. The zero-order valence-electron chi connectivity index (χ0n) is 9.22. The molecule has 2 rings (SSSR count). The fourth-order valence-electron chi connectivity index (χ4n) is 1.44. The molecule has 94 valence electrons. The van der Waals surface area contributed by atoms with Crippen molar-refractivity contribution in [2.45, 2.75) is 11.7 Å². The molecule has 0 saturated carbocycles. The van der Waals surface area contributed by atoms with E-state index in [2.05, 4.69) is 10.3 Å². The first kappa shape index (κ1) is 12.6. The Bertz CT molecular complexity index is 516. The van der Waals surface area contributed by atoms with E-state index in [-0.39, 0.29) is 23.3 Å². The number of nitrogens with two attached hydrogens (primary N) is 1. The number of hydrogen-bond acceptors (Lipinski definition) is 4. The van der Waals surface area contributed by atoms with Crippen LogP contribution >= 0.6 is 11.8 Å². The maximum absolute atomic E-state index is 12.7. The van der Waals surface area contributed by atoms with E-state index in [9.17, 15) is 14.0 Å². The number of amidine groups is 1. The minimum atomic E-state index is -0.597. The number of anilines is 1. The molecule has 0 unspecified atom stereocenters. The van der Waals surface area contributed by atoms with Crippen LogP contribution in [0.25, 0.3) is 0 Å². The van der Waals surface area contributed by atoms with Crippen molar-refractivity contribution in [2.75, 3.05) is 5.32 Å². The van der Waals surface area contributed by atoms with Gasteiger partial charge in [0.05, 0.1) is 6.42 Å². The van der Waals surface area contributed by atoms with Gasteiger partial charge in [0.25, 0.3) is 0 Å². The van der Waals surface area contributed by atoms with Crippen LogP contribution in [-0.2, 0) is 9.59 Å². The number of nitrogens with zero attached hydrogens (tertiary/aromatic N) is 1. The highest BCUT2D eigenvalue weighted by atomic mass is 32.2. The molecule has 0 fully saturated rings. The van der Waals surface area contributed by atoms with E-state index in [1.807, 2.05) is 0 Å². The number of hydrogen-bond donors (Lipinski definition) is 2. The molecular formula is C11H10FN3O2S. The minimum Gasteiger partial charge on any atom is -0.378 e. The van der Waals surface area contributed by atoms with Crippen LogP contribution in [0.3, 0.4) is 0 Å². The highest BCUT2D eigenvalue weighted by Crippen LogP contribution is 2.22. The van der Waals surface area contributed by atoms with Crippen LogP contribution in [-0.4, -0.2) is 22.2 Å². The van der Waals surface area contributed by atoms with Gasteiger partial charge in [-0.1, -0.05) is 11.8 Å². The summed E-state index contributed by atoms with van der Waals surface area (Å²) >= 11 is 1.04. The number of nitrogens with one attached hydrogen (secondary N) is 1. The first-order valence-corrected chi connectivity index (χ1v) is 6.02. The van der Waals surface area contributed by atoms with E-state index in [0.29, 0.717) is 5.69 Å². The lowest BCUT2D eigenvalue weighted by molar-refractivity contribution is -0.121. The summed E-state index contributed by atoms with van der Waals surface area (Å²) in [5, 5.41) is 2.08. The van der Waals surface area contributed by atoms with Gasteiger partial charge in [-0.3, -0.25) is 9.59 Å². The molecule has 0 bridgehead atoms. The van der Waals surface area contributed by atoms with Gasteiger partial charge in [0.1, 0.15) is 11.1 Å². The van der Waals surface area contributed by atoms with E-state index >= 15 is 0 Å². The molecule has 1 heterocycles. The molecule has 7 heteroatoms. The second-order valence-corrected chi connectivity index (χ2v) is 4.87. The predicted molar refractivity (Wildman–Crippen MR) is 67.7 cm³/mol. The molecule has 0 aromatic heterocycles. The summed E-state index contributed by atoms with van der Waals surface area (Å²) in [6.07, 6.45) is 0.0123. The first-order chi connectivity index (χ1) is 8.54. The van der Waals surface area contributed by atoms with Gasteiger partial charge in [0.2, 0.25) is 11.8 Å². The Morgan fingerprint density at radius 1 is 1.44 bits per heavy atom. The van der Waals surface area contributed by atoms with Crippen LogP contribution in [0.5, 0.6) is 0 Å². The fourth-order valence-corrected chi connectivity index (χ4v) is 2.28. The zero-order valence-corrected chi connectivity index (χ0v) is 10.0. The summed E-state index contributed by atoms with van der Waals surface area (Å²) in [5.74, 6) is -1.14. The van der Waals surface area contributed by atoms with Gasteiger partial charge in [0, 0.05) is 5.69 Å². The van der Waals surface area contributed by atoms with Crippen LogP contribution < -0.4 is 11.1 Å². The third-order valence-corrected chi connectivity index (χ3v) is 3.26. The lowest BCUT2D eigenvalue weighted by atomic mass is 10.2. The summed E-state index contributed by atoms with van der Waals surface area (Å²) in [7, 11) is 0. The number of thioether (sulfide) groups is 1. The van der Waals surface area contributed by atoms with Crippen molar-refractivity contribution in [3.63, 3.8) is 0 Å². The molecule has 1 aromatic rings. The molecule has 5 nitrogen and oxygen atoms in total. The summed E-state index contributed by atoms with van der Waals surface area (Å²) in [6.45, 7) is 0. The van der Waals surface area contributed by atoms with Crippen molar-refractivity contribution in [1.82, 2.24) is 0 Å². The molecule has 0 aliphatic carbocycles.